The Morgan fingerprint density at radius 3 is 2.85 bits per heavy atom. The molecule has 8 heteroatoms. The smallest absolute Gasteiger partial charge is 0.141 e. The van der Waals surface area contributed by atoms with Crippen LogP contribution in [0.1, 0.15) is 0 Å². The minimum Gasteiger partial charge on any atom is -0.354 e. The third kappa shape index (κ3) is 2.83. The molecule has 1 aliphatic rings. The highest BCUT2D eigenvalue weighted by Gasteiger charge is 2.14. The third-order valence-corrected chi connectivity index (χ3v) is 5.35. The molecule has 130 valence electrons. The summed E-state index contributed by atoms with van der Waals surface area (Å²) < 4.78 is 1.17. The summed E-state index contributed by atoms with van der Waals surface area (Å²) in [7, 11) is 0. The zero-order valence-electron chi connectivity index (χ0n) is 14.0. The Morgan fingerprint density at radius 1 is 1.00 bits per heavy atom. The van der Waals surface area contributed by atoms with Crippen molar-refractivity contribution in [1.82, 2.24) is 25.3 Å². The van der Waals surface area contributed by atoms with Crippen LogP contribution in [0.25, 0.3) is 21.1 Å². The highest BCUT2D eigenvalue weighted by molar-refractivity contribution is 7.16. The fourth-order valence-electron chi connectivity index (χ4n) is 3.19. The van der Waals surface area contributed by atoms with Gasteiger partial charge in [-0.3, -0.25) is 0 Å². The topological polar surface area (TPSA) is 78.9 Å². The largest absolute Gasteiger partial charge is 0.354 e. The Morgan fingerprint density at radius 2 is 1.92 bits per heavy atom. The lowest BCUT2D eigenvalue weighted by atomic mass is 10.2. The Balaban J connectivity index is 1.53. The summed E-state index contributed by atoms with van der Waals surface area (Å²) in [6, 6.07) is 8.24. The zero-order chi connectivity index (χ0) is 17.3. The number of nitrogens with one attached hydrogen (secondary N) is 2. The summed E-state index contributed by atoms with van der Waals surface area (Å²) in [6.07, 6.45) is 3.39. The van der Waals surface area contributed by atoms with Crippen LogP contribution in [0, 0.1) is 0 Å². The van der Waals surface area contributed by atoms with Crippen molar-refractivity contribution in [2.75, 3.05) is 36.4 Å². The van der Waals surface area contributed by atoms with Gasteiger partial charge in [-0.25, -0.2) is 19.9 Å². The molecule has 1 aromatic carbocycles. The zero-order valence-corrected chi connectivity index (χ0v) is 14.8. The van der Waals surface area contributed by atoms with Gasteiger partial charge in [-0.1, -0.05) is 0 Å². The number of nitrogens with zero attached hydrogens (tertiary/aromatic N) is 5. The number of fused-ring (bicyclic) bond motifs is 2. The van der Waals surface area contributed by atoms with Crippen LogP contribution in [0.5, 0.6) is 0 Å². The number of hydrogen-bond acceptors (Lipinski definition) is 8. The molecule has 1 saturated heterocycles. The molecule has 4 aromatic rings. The number of anilines is 3. The van der Waals surface area contributed by atoms with Crippen molar-refractivity contribution in [3.63, 3.8) is 0 Å². The van der Waals surface area contributed by atoms with Crippen LogP contribution in [0.3, 0.4) is 0 Å². The van der Waals surface area contributed by atoms with Gasteiger partial charge >= 0.3 is 0 Å². The van der Waals surface area contributed by atoms with Crippen molar-refractivity contribution < 1.29 is 0 Å². The summed E-state index contributed by atoms with van der Waals surface area (Å²) in [6.45, 7) is 3.86. The van der Waals surface area contributed by atoms with E-state index in [1.165, 1.54) is 4.70 Å². The van der Waals surface area contributed by atoms with Crippen LogP contribution >= 0.6 is 11.3 Å². The van der Waals surface area contributed by atoms with Crippen molar-refractivity contribution in [3.05, 3.63) is 42.3 Å². The van der Waals surface area contributed by atoms with E-state index in [4.69, 9.17) is 0 Å². The Hall–Kier alpha value is -2.84. The van der Waals surface area contributed by atoms with E-state index < -0.39 is 0 Å². The first kappa shape index (κ1) is 15.4. The van der Waals surface area contributed by atoms with Crippen molar-refractivity contribution in [3.8, 4) is 0 Å². The molecule has 2 N–H and O–H groups in total. The molecule has 7 nitrogen and oxygen atoms in total. The molecular weight excluding hydrogens is 346 g/mol. The lowest BCUT2D eigenvalue weighted by Crippen LogP contribution is -2.43. The standard InChI is InChI=1S/C18H17N7S/c1-2-16-14(23-11-26-16)7-12(1)24-18-13-8-17(25-5-3-19-4-6-25)20-9-15(13)21-10-22-18/h1-2,7-11,19H,3-6H2,(H,21,22,24). The van der Waals surface area contributed by atoms with Gasteiger partial charge in [-0.15, -0.1) is 11.3 Å². The summed E-state index contributed by atoms with van der Waals surface area (Å²) in [5, 5.41) is 7.75. The average molecular weight is 363 g/mol. The second-order valence-electron chi connectivity index (χ2n) is 6.18. The lowest BCUT2D eigenvalue weighted by Gasteiger charge is -2.28. The maximum absolute atomic E-state index is 4.58. The first-order valence-electron chi connectivity index (χ1n) is 8.53. The maximum atomic E-state index is 4.58. The van der Waals surface area contributed by atoms with E-state index >= 15 is 0 Å². The second-order valence-corrected chi connectivity index (χ2v) is 7.07. The van der Waals surface area contributed by atoms with Gasteiger partial charge in [0.25, 0.3) is 0 Å². The van der Waals surface area contributed by atoms with Crippen LogP contribution in [-0.4, -0.2) is 46.1 Å². The third-order valence-electron chi connectivity index (χ3n) is 4.54. The normalized spacial score (nSPS) is 14.8. The monoisotopic (exact) mass is 363 g/mol. The lowest BCUT2D eigenvalue weighted by molar-refractivity contribution is 0.585. The molecule has 0 atom stereocenters. The quantitative estimate of drug-likeness (QED) is 0.579. The fourth-order valence-corrected chi connectivity index (χ4v) is 3.85. The van der Waals surface area contributed by atoms with E-state index in [2.05, 4.69) is 47.6 Å². The predicted molar refractivity (Wildman–Crippen MR) is 105 cm³/mol. The molecule has 1 aliphatic heterocycles. The van der Waals surface area contributed by atoms with E-state index in [0.717, 1.165) is 59.9 Å². The first-order valence-corrected chi connectivity index (χ1v) is 9.41. The Labute approximate surface area is 154 Å². The van der Waals surface area contributed by atoms with Gasteiger partial charge in [-0.05, 0) is 24.3 Å². The molecule has 0 aliphatic carbocycles. The SMILES string of the molecule is c1nc(Nc2ccc3scnc3c2)c2cc(N3CCNCC3)ncc2n1. The van der Waals surface area contributed by atoms with E-state index in [1.54, 1.807) is 17.7 Å². The molecule has 3 aromatic heterocycles. The summed E-state index contributed by atoms with van der Waals surface area (Å²) in [4.78, 5) is 20.1. The Bertz CT molecular complexity index is 1070. The average Bonchev–Trinajstić information content (AvgIpc) is 3.16. The van der Waals surface area contributed by atoms with Gasteiger partial charge in [0, 0.05) is 37.3 Å². The molecule has 0 saturated carbocycles. The highest BCUT2D eigenvalue weighted by atomic mass is 32.1. The number of rotatable bonds is 3. The molecule has 0 unspecified atom stereocenters. The predicted octanol–water partition coefficient (Wildman–Crippen LogP) is 2.79. The summed E-state index contributed by atoms with van der Waals surface area (Å²) >= 11 is 1.64. The molecule has 5 rings (SSSR count). The van der Waals surface area contributed by atoms with Crippen molar-refractivity contribution in [2.45, 2.75) is 0 Å². The number of benzene rings is 1. The number of aromatic nitrogens is 4. The number of pyridine rings is 1. The van der Waals surface area contributed by atoms with Gasteiger partial charge in [-0.2, -0.15) is 0 Å². The summed E-state index contributed by atoms with van der Waals surface area (Å²) in [5.41, 5.74) is 4.64. The second kappa shape index (κ2) is 6.47. The van der Waals surface area contributed by atoms with E-state index in [0.29, 0.717) is 0 Å². The fraction of sp³-hybridized carbons (Fsp3) is 0.222. The Kier molecular flexibility index (Phi) is 3.84. The molecule has 1 fully saturated rings. The first-order chi connectivity index (χ1) is 12.9. The molecule has 0 bridgehead atoms. The number of piperazine rings is 1. The van der Waals surface area contributed by atoms with Gasteiger partial charge in [0.05, 0.1) is 27.4 Å². The number of thiazole rings is 1. The van der Waals surface area contributed by atoms with E-state index in [-0.39, 0.29) is 0 Å². The van der Waals surface area contributed by atoms with Crippen molar-refractivity contribution >= 4 is 49.8 Å². The minimum atomic E-state index is 0.781. The highest BCUT2D eigenvalue weighted by Crippen LogP contribution is 2.28. The minimum absolute atomic E-state index is 0.781. The maximum Gasteiger partial charge on any atom is 0.141 e. The van der Waals surface area contributed by atoms with Gasteiger partial charge in [0.15, 0.2) is 0 Å². The van der Waals surface area contributed by atoms with E-state index in [9.17, 15) is 0 Å². The van der Waals surface area contributed by atoms with Gasteiger partial charge in [0.1, 0.15) is 18.0 Å². The summed E-state index contributed by atoms with van der Waals surface area (Å²) in [5.74, 6) is 1.75. The van der Waals surface area contributed by atoms with E-state index in [1.807, 2.05) is 23.8 Å². The molecule has 26 heavy (non-hydrogen) atoms. The molecule has 4 heterocycles. The van der Waals surface area contributed by atoms with Crippen LogP contribution in [0.2, 0.25) is 0 Å². The van der Waals surface area contributed by atoms with Crippen molar-refractivity contribution in [2.24, 2.45) is 0 Å². The van der Waals surface area contributed by atoms with Gasteiger partial charge < -0.3 is 15.5 Å². The van der Waals surface area contributed by atoms with Crippen molar-refractivity contribution in [1.29, 1.82) is 0 Å². The molecule has 0 amide bonds. The van der Waals surface area contributed by atoms with Crippen LogP contribution in [0.15, 0.2) is 42.3 Å². The van der Waals surface area contributed by atoms with Crippen LogP contribution < -0.4 is 15.5 Å². The molecule has 0 radical (unpaired) electrons. The van der Waals surface area contributed by atoms with Gasteiger partial charge in [0.2, 0.25) is 0 Å². The van der Waals surface area contributed by atoms with Crippen LogP contribution in [-0.2, 0) is 0 Å². The molecular formula is C18H17N7S. The van der Waals surface area contributed by atoms with Crippen LogP contribution in [0.4, 0.5) is 17.3 Å². The number of hydrogen-bond donors (Lipinski definition) is 2. The molecule has 0 spiro atoms.